The maximum atomic E-state index is 14.9. The van der Waals surface area contributed by atoms with Gasteiger partial charge in [-0.2, -0.15) is 26.0 Å². The second kappa shape index (κ2) is 25.7. The highest BCUT2D eigenvalue weighted by Crippen LogP contribution is 2.52. The minimum atomic E-state index is -5.01. The van der Waals surface area contributed by atoms with Gasteiger partial charge < -0.3 is 50.8 Å². The van der Waals surface area contributed by atoms with Crippen LogP contribution in [0.5, 0.6) is 0 Å². The van der Waals surface area contributed by atoms with Crippen molar-refractivity contribution in [3.63, 3.8) is 0 Å². The first-order valence-corrected chi connectivity index (χ1v) is 26.2. The van der Waals surface area contributed by atoms with Crippen molar-refractivity contribution < 1.29 is 61.9 Å². The van der Waals surface area contributed by atoms with Crippen molar-refractivity contribution in [1.82, 2.24) is 29.2 Å². The first-order chi connectivity index (χ1) is 35.7. The van der Waals surface area contributed by atoms with Gasteiger partial charge in [-0.25, -0.2) is 28.0 Å². The molecule has 4 aromatic heterocycles. The average molecular weight is 1050 g/mol. The number of aromatic nitrogens is 6. The van der Waals surface area contributed by atoms with Gasteiger partial charge in [0.2, 0.25) is 11.2 Å². The van der Waals surface area contributed by atoms with Crippen LogP contribution < -0.4 is 11.5 Å². The van der Waals surface area contributed by atoms with Crippen LogP contribution in [0.3, 0.4) is 0 Å². The molecular weight excluding hydrogens is 985 g/mol. The van der Waals surface area contributed by atoms with Gasteiger partial charge in [-0.15, -0.1) is 0 Å². The summed E-state index contributed by atoms with van der Waals surface area (Å²) in [6.45, 7) is -0.0976. The molecule has 25 heteroatoms. The van der Waals surface area contributed by atoms with E-state index in [4.69, 9.17) is 44.0 Å². The Balaban J connectivity index is 1.07. The van der Waals surface area contributed by atoms with Gasteiger partial charge in [0.1, 0.15) is 84.4 Å². The maximum Gasteiger partial charge on any atom is 0.475 e. The molecular formula is C49H63FN11O12P. The number of anilines is 2. The van der Waals surface area contributed by atoms with Gasteiger partial charge in [-0.05, 0) is 54.4 Å². The molecule has 7 rings (SSSR count). The molecule has 0 unspecified atom stereocenters. The fraction of sp³-hybridized carbons (Fsp3) is 0.571. The summed E-state index contributed by atoms with van der Waals surface area (Å²) in [7, 11) is -5.01. The third kappa shape index (κ3) is 12.7. The van der Waals surface area contributed by atoms with Crippen LogP contribution in [0, 0.1) is 39.8 Å². The second-order valence-electron chi connectivity index (χ2n) is 18.4. The Labute approximate surface area is 426 Å². The molecule has 0 bridgehead atoms. The highest BCUT2D eigenvalue weighted by Gasteiger charge is 2.59. The molecule has 398 valence electrons. The number of phosphoric acid groups is 1. The molecule has 0 spiro atoms. The van der Waals surface area contributed by atoms with E-state index in [1.807, 2.05) is 18.2 Å². The molecule has 2 aliphatic rings. The van der Waals surface area contributed by atoms with Crippen LogP contribution in [0.25, 0.3) is 11.0 Å². The highest BCUT2D eigenvalue weighted by atomic mass is 31.2. The average Bonchev–Trinajstić information content (AvgIpc) is 4.16. The van der Waals surface area contributed by atoms with Gasteiger partial charge in [0.05, 0.1) is 56.1 Å². The van der Waals surface area contributed by atoms with Crippen LogP contribution in [0.15, 0.2) is 55.1 Å². The Bertz CT molecular complexity index is 2710. The predicted molar refractivity (Wildman–Crippen MR) is 260 cm³/mol. The highest BCUT2D eigenvalue weighted by molar-refractivity contribution is 7.48. The molecule has 2 aliphatic heterocycles. The van der Waals surface area contributed by atoms with E-state index < -0.39 is 87.4 Å². The SMILES string of the molecule is CCCCCCCCCCCCCCOC[C@H](COP(=O)(OC[C@H]1O[C@@](C#N)(c2ccc3c(N)ncnn23)[C@H](O)[C@@H]1O)OC[C@H]1O[C@@](C#N)(c2ccc3c(N)ncnn23)[C@H](O)[C@@H]1O)OCc1cc(F)cc(C#N)c1. The number of ether oxygens (including phenoxy) is 4. The molecule has 1 aromatic carbocycles. The van der Waals surface area contributed by atoms with E-state index in [0.717, 1.165) is 44.4 Å². The number of halogens is 1. The minimum absolute atomic E-state index is 0.0191. The van der Waals surface area contributed by atoms with Gasteiger partial charge in [-0.3, -0.25) is 13.6 Å². The van der Waals surface area contributed by atoms with Gasteiger partial charge in [-0.1, -0.05) is 77.6 Å². The lowest BCUT2D eigenvalue weighted by molar-refractivity contribution is -0.0802. The Morgan fingerprint density at radius 2 is 1.23 bits per heavy atom. The van der Waals surface area contributed by atoms with Gasteiger partial charge >= 0.3 is 7.82 Å². The van der Waals surface area contributed by atoms with Crippen LogP contribution in [0.4, 0.5) is 16.0 Å². The van der Waals surface area contributed by atoms with Crippen molar-refractivity contribution in [3.8, 4) is 18.2 Å². The summed E-state index contributed by atoms with van der Waals surface area (Å²) < 4.78 is 73.4. The normalized spacial score (nSPS) is 24.3. The first-order valence-electron chi connectivity index (χ1n) is 24.7. The van der Waals surface area contributed by atoms with Crippen LogP contribution in [0.1, 0.15) is 106 Å². The number of hydrogen-bond acceptors (Lipinski definition) is 21. The molecule has 2 saturated heterocycles. The number of nitrogen functional groups attached to an aromatic ring is 2. The van der Waals surface area contributed by atoms with E-state index in [2.05, 4.69) is 27.1 Å². The van der Waals surface area contributed by atoms with Crippen molar-refractivity contribution in [2.75, 3.05) is 44.5 Å². The fourth-order valence-electron chi connectivity index (χ4n) is 9.13. The third-order valence-corrected chi connectivity index (χ3v) is 14.6. The number of unbranched alkanes of at least 4 members (excludes halogenated alkanes) is 11. The lowest BCUT2D eigenvalue weighted by atomic mass is 9.92. The number of aliphatic hydroxyl groups is 4. The number of benzene rings is 1. The predicted octanol–water partition coefficient (Wildman–Crippen LogP) is 4.79. The van der Waals surface area contributed by atoms with E-state index in [9.17, 15) is 45.2 Å². The van der Waals surface area contributed by atoms with Crippen LogP contribution in [0.2, 0.25) is 0 Å². The van der Waals surface area contributed by atoms with Crippen LogP contribution in [-0.4, -0.2) is 125 Å². The topological polar surface area (TPSA) is 346 Å². The lowest BCUT2D eigenvalue weighted by Gasteiger charge is -2.26. The summed E-state index contributed by atoms with van der Waals surface area (Å²) in [4.78, 5) is 7.87. The number of hydrogen-bond donors (Lipinski definition) is 6. The molecule has 0 amide bonds. The molecule has 74 heavy (non-hydrogen) atoms. The molecule has 8 N–H and O–H groups in total. The number of phosphoric ester groups is 1. The zero-order chi connectivity index (χ0) is 52.9. The zero-order valence-corrected chi connectivity index (χ0v) is 41.9. The third-order valence-electron chi connectivity index (χ3n) is 13.2. The molecule has 6 heterocycles. The molecule has 0 radical (unpaired) electrons. The largest absolute Gasteiger partial charge is 0.475 e. The smallest absolute Gasteiger partial charge is 0.387 e. The van der Waals surface area contributed by atoms with Crippen LogP contribution in [-0.2, 0) is 54.9 Å². The molecule has 5 aromatic rings. The number of nitriles is 3. The zero-order valence-electron chi connectivity index (χ0n) is 41.0. The number of aliphatic hydroxyl groups excluding tert-OH is 4. The number of fused-ring (bicyclic) bond motifs is 2. The summed E-state index contributed by atoms with van der Waals surface area (Å²) in [5.74, 6) is -0.559. The van der Waals surface area contributed by atoms with Crippen molar-refractivity contribution >= 4 is 30.5 Å². The van der Waals surface area contributed by atoms with Crippen molar-refractivity contribution in [3.05, 3.63) is 83.5 Å². The molecule has 9 atom stereocenters. The Morgan fingerprint density at radius 3 is 1.72 bits per heavy atom. The van der Waals surface area contributed by atoms with Gasteiger partial charge in [0.15, 0.2) is 11.6 Å². The minimum Gasteiger partial charge on any atom is -0.387 e. The Kier molecular flexibility index (Phi) is 19.4. The van der Waals surface area contributed by atoms with E-state index >= 15 is 0 Å². The lowest BCUT2D eigenvalue weighted by Crippen LogP contribution is -2.41. The second-order valence-corrected chi connectivity index (χ2v) is 20.1. The Morgan fingerprint density at radius 1 is 0.730 bits per heavy atom. The summed E-state index contributed by atoms with van der Waals surface area (Å²) >= 11 is 0. The molecule has 2 fully saturated rings. The van der Waals surface area contributed by atoms with Gasteiger partial charge in [0.25, 0.3) is 0 Å². The van der Waals surface area contributed by atoms with Crippen molar-refractivity contribution in [2.45, 2.75) is 145 Å². The standard InChI is InChI=1S/C49H63FN11O12P/c1-2-3-4-5-6-7-8-9-10-11-12-13-18-67-24-35(68-23-33-19-32(22-51)20-34(50)21-33)25-69-74(66,70-26-38-42(62)44(64)48(28-52,72-38)40-16-14-36-46(54)56-30-58-60(36)40)71-27-39-43(63)45(65)49(29-53,73-39)41-17-15-37-47(55)57-31-59-61(37)41/h14-17,19-21,30-31,35,38-39,42-45,62-65H,2-13,18,23-27H2,1H3,(H2,54,56,58)(H2,55,57,59)/t35-,38-,39-,42-,43-,44-,45-,48+,49+/m1/s1. The van der Waals surface area contributed by atoms with Gasteiger partial charge in [0, 0.05) is 6.61 Å². The molecule has 23 nitrogen and oxygen atoms in total. The number of nitrogens with two attached hydrogens (primary N) is 2. The van der Waals surface area contributed by atoms with E-state index in [0.29, 0.717) is 12.2 Å². The van der Waals surface area contributed by atoms with E-state index in [-0.39, 0.29) is 52.8 Å². The first kappa shape index (κ1) is 56.0. The summed E-state index contributed by atoms with van der Waals surface area (Å²) in [5, 5.41) is 84.1. The molecule has 0 aliphatic carbocycles. The number of nitrogens with zero attached hydrogens (tertiary/aromatic N) is 9. The van der Waals surface area contributed by atoms with Crippen LogP contribution >= 0.6 is 7.82 Å². The van der Waals surface area contributed by atoms with Crippen molar-refractivity contribution in [2.24, 2.45) is 0 Å². The molecule has 0 saturated carbocycles. The summed E-state index contributed by atoms with van der Waals surface area (Å²) in [6.07, 6.45) is 4.30. The van der Waals surface area contributed by atoms with E-state index in [1.165, 1.54) is 96.8 Å². The monoisotopic (exact) mass is 1050 g/mol. The maximum absolute atomic E-state index is 14.9. The fourth-order valence-corrected chi connectivity index (χ4v) is 10.4. The Hall–Kier alpha value is -5.75. The summed E-state index contributed by atoms with van der Waals surface area (Å²) in [5.41, 5.74) is 8.34. The quantitative estimate of drug-likeness (QED) is 0.0277. The summed E-state index contributed by atoms with van der Waals surface area (Å²) in [6, 6.07) is 15.2. The van der Waals surface area contributed by atoms with E-state index in [1.54, 1.807) is 0 Å². The number of rotatable bonds is 29. The van der Waals surface area contributed by atoms with Crippen molar-refractivity contribution in [1.29, 1.82) is 15.8 Å².